The molecular formula is C39H55N9O4. The molecule has 13 nitrogen and oxygen atoms in total. The lowest BCUT2D eigenvalue weighted by Crippen LogP contribution is -2.46. The van der Waals surface area contributed by atoms with Crippen LogP contribution in [0.15, 0.2) is 92.3 Å². The molecule has 13 heteroatoms. The zero-order valence-corrected chi connectivity index (χ0v) is 31.8. The second-order valence-electron chi connectivity index (χ2n) is 12.0. The lowest BCUT2D eigenvalue weighted by atomic mass is 10.2. The van der Waals surface area contributed by atoms with Crippen molar-refractivity contribution in [3.05, 3.63) is 98.0 Å². The van der Waals surface area contributed by atoms with E-state index in [0.717, 1.165) is 55.4 Å². The molecule has 0 bridgehead atoms. The number of nitrogens with zero attached hydrogens (tertiary/aromatic N) is 9. The standard InChI is InChI=1S/C35H43N9O4.2C2H6/c1-5-27(3)40(4)34(45)43(6-2)30-9-7-28(8-10-30)41-19-21-42(22-20-41)29-11-13-31(14-12-29)46-23-32-24-47-35(48-32,25-44-38-17-18-39-44)33-15-16-36-26-37-33;2*1-2/h6-18,26-27,32H,2,5,19-25H2,1,3-4H3;2*1-2H3. The minimum atomic E-state index is -1.13. The van der Waals surface area contributed by atoms with Gasteiger partial charge in [0.2, 0.25) is 5.79 Å². The average molecular weight is 714 g/mol. The first-order valence-corrected chi connectivity index (χ1v) is 18.3. The summed E-state index contributed by atoms with van der Waals surface area (Å²) in [5.74, 6) is -0.365. The lowest BCUT2D eigenvalue weighted by Gasteiger charge is -2.37. The van der Waals surface area contributed by atoms with Crippen LogP contribution in [0.3, 0.4) is 0 Å². The molecule has 2 fully saturated rings. The van der Waals surface area contributed by atoms with Crippen LogP contribution < -0.4 is 19.4 Å². The quantitative estimate of drug-likeness (QED) is 0.159. The molecule has 3 unspecified atom stereocenters. The number of carbonyl (C=O) groups is 1. The molecule has 2 aliphatic heterocycles. The summed E-state index contributed by atoms with van der Waals surface area (Å²) in [7, 11) is 1.83. The number of anilines is 3. The van der Waals surface area contributed by atoms with E-state index >= 15 is 0 Å². The fourth-order valence-corrected chi connectivity index (χ4v) is 5.89. The van der Waals surface area contributed by atoms with Crippen molar-refractivity contribution in [2.45, 2.75) is 72.4 Å². The third-order valence-corrected chi connectivity index (χ3v) is 9.00. The highest BCUT2D eigenvalue weighted by atomic mass is 16.8. The molecule has 0 radical (unpaired) electrons. The van der Waals surface area contributed by atoms with E-state index in [4.69, 9.17) is 14.2 Å². The van der Waals surface area contributed by atoms with Gasteiger partial charge in [-0.1, -0.05) is 41.2 Å². The molecule has 6 rings (SSSR count). The van der Waals surface area contributed by atoms with E-state index in [1.807, 2.05) is 65.9 Å². The second-order valence-corrected chi connectivity index (χ2v) is 12.0. The van der Waals surface area contributed by atoms with Crippen LogP contribution in [0.4, 0.5) is 21.9 Å². The van der Waals surface area contributed by atoms with E-state index in [1.54, 1.807) is 40.7 Å². The first-order valence-electron chi connectivity index (χ1n) is 18.3. The molecular weight excluding hydrogens is 658 g/mol. The van der Waals surface area contributed by atoms with Crippen molar-refractivity contribution in [3.8, 4) is 5.75 Å². The Bertz CT molecular complexity index is 1620. The summed E-state index contributed by atoms with van der Waals surface area (Å²) in [6.45, 7) is 20.5. The molecule has 2 aromatic heterocycles. The van der Waals surface area contributed by atoms with E-state index in [-0.39, 0.29) is 24.7 Å². The molecule has 2 aliphatic rings. The van der Waals surface area contributed by atoms with Gasteiger partial charge in [-0.3, -0.25) is 4.90 Å². The number of amides is 2. The SMILES string of the molecule is C=CN(C(=O)N(C)C(C)CC)c1ccc(N2CCN(c3ccc(OCC4COC(Cn5nccn5)(c5ccncn5)O4)cc3)CC2)cc1.CC.CC. The molecule has 0 aliphatic carbocycles. The van der Waals surface area contributed by atoms with Crippen molar-refractivity contribution in [2.24, 2.45) is 0 Å². The summed E-state index contributed by atoms with van der Waals surface area (Å²) in [5, 5.41) is 8.42. The number of hydrogen-bond acceptors (Lipinski definition) is 10. The zero-order chi connectivity index (χ0) is 37.5. The Labute approximate surface area is 308 Å². The van der Waals surface area contributed by atoms with Gasteiger partial charge in [-0.2, -0.15) is 15.0 Å². The topological polar surface area (TPSA) is 114 Å². The van der Waals surface area contributed by atoms with Crippen LogP contribution in [-0.2, 0) is 21.8 Å². The molecule has 280 valence electrons. The maximum absolute atomic E-state index is 13.0. The Kier molecular flexibility index (Phi) is 15.0. The number of carbonyl (C=O) groups excluding carboxylic acids is 1. The summed E-state index contributed by atoms with van der Waals surface area (Å²) in [6.07, 6.45) is 8.53. The van der Waals surface area contributed by atoms with Gasteiger partial charge in [0.05, 0.1) is 24.7 Å². The van der Waals surface area contributed by atoms with Crippen LogP contribution >= 0.6 is 0 Å². The van der Waals surface area contributed by atoms with Crippen molar-refractivity contribution in [2.75, 3.05) is 61.1 Å². The predicted molar refractivity (Wildman–Crippen MR) is 206 cm³/mol. The largest absolute Gasteiger partial charge is 0.491 e. The number of rotatable bonds is 12. The lowest BCUT2D eigenvalue weighted by molar-refractivity contribution is -0.195. The minimum Gasteiger partial charge on any atom is -0.491 e. The van der Waals surface area contributed by atoms with Crippen molar-refractivity contribution >= 4 is 23.1 Å². The molecule has 4 heterocycles. The average Bonchev–Trinajstić information content (AvgIpc) is 3.90. The fourth-order valence-electron chi connectivity index (χ4n) is 5.89. The minimum absolute atomic E-state index is 0.0854. The van der Waals surface area contributed by atoms with E-state index < -0.39 is 5.79 Å². The molecule has 0 saturated carbocycles. The van der Waals surface area contributed by atoms with Crippen LogP contribution in [0.2, 0.25) is 0 Å². The molecule has 0 N–H and O–H groups in total. The van der Waals surface area contributed by atoms with Gasteiger partial charge in [-0.15, -0.1) is 0 Å². The van der Waals surface area contributed by atoms with Crippen LogP contribution in [0.5, 0.6) is 5.75 Å². The molecule has 0 spiro atoms. The summed E-state index contributed by atoms with van der Waals surface area (Å²) in [5.41, 5.74) is 3.70. The van der Waals surface area contributed by atoms with E-state index in [9.17, 15) is 4.79 Å². The number of aromatic nitrogens is 5. The smallest absolute Gasteiger partial charge is 0.328 e. The van der Waals surface area contributed by atoms with Crippen molar-refractivity contribution in [3.63, 3.8) is 0 Å². The van der Waals surface area contributed by atoms with Gasteiger partial charge in [0.15, 0.2) is 0 Å². The highest BCUT2D eigenvalue weighted by Crippen LogP contribution is 2.35. The van der Waals surface area contributed by atoms with Gasteiger partial charge < -0.3 is 28.9 Å². The van der Waals surface area contributed by atoms with Crippen LogP contribution in [0.25, 0.3) is 0 Å². The second kappa shape index (κ2) is 19.6. The molecule has 2 aromatic carbocycles. The van der Waals surface area contributed by atoms with Crippen molar-refractivity contribution in [1.82, 2.24) is 29.9 Å². The van der Waals surface area contributed by atoms with Crippen molar-refractivity contribution < 1.29 is 19.0 Å². The van der Waals surface area contributed by atoms with Gasteiger partial charge in [0.25, 0.3) is 0 Å². The molecule has 4 aromatic rings. The van der Waals surface area contributed by atoms with Crippen LogP contribution in [-0.4, -0.2) is 94.5 Å². The number of urea groups is 1. The summed E-state index contributed by atoms with van der Waals surface area (Å²) in [4.78, 5) is 31.0. The van der Waals surface area contributed by atoms with Gasteiger partial charge in [-0.05, 0) is 67.9 Å². The third-order valence-electron chi connectivity index (χ3n) is 9.00. The monoisotopic (exact) mass is 713 g/mol. The van der Waals surface area contributed by atoms with E-state index in [2.05, 4.69) is 67.7 Å². The molecule has 52 heavy (non-hydrogen) atoms. The van der Waals surface area contributed by atoms with Gasteiger partial charge in [0.1, 0.15) is 37.0 Å². The normalized spacial score (nSPS) is 18.6. The Hall–Kier alpha value is -5.01. The molecule has 2 saturated heterocycles. The summed E-state index contributed by atoms with van der Waals surface area (Å²) >= 11 is 0. The number of piperazine rings is 1. The first-order chi connectivity index (χ1) is 25.4. The summed E-state index contributed by atoms with van der Waals surface area (Å²) in [6, 6.07) is 18.1. The Morgan fingerprint density at radius 2 is 1.56 bits per heavy atom. The fraction of sp³-hybridized carbons (Fsp3) is 0.462. The highest BCUT2D eigenvalue weighted by molar-refractivity contribution is 5.94. The Morgan fingerprint density at radius 3 is 2.10 bits per heavy atom. The van der Waals surface area contributed by atoms with Crippen molar-refractivity contribution in [1.29, 1.82) is 0 Å². The Morgan fingerprint density at radius 1 is 0.962 bits per heavy atom. The van der Waals surface area contributed by atoms with Gasteiger partial charge in [0, 0.05) is 63.0 Å². The number of ether oxygens (including phenoxy) is 3. The van der Waals surface area contributed by atoms with Crippen LogP contribution in [0, 0.1) is 0 Å². The number of benzene rings is 2. The summed E-state index contributed by atoms with van der Waals surface area (Å²) < 4.78 is 18.7. The first kappa shape index (κ1) is 39.8. The highest BCUT2D eigenvalue weighted by Gasteiger charge is 2.46. The molecule has 2 amide bonds. The van der Waals surface area contributed by atoms with Gasteiger partial charge >= 0.3 is 6.03 Å². The molecule has 3 atom stereocenters. The third kappa shape index (κ3) is 9.65. The van der Waals surface area contributed by atoms with E-state index in [0.29, 0.717) is 18.9 Å². The number of hydrogen-bond donors (Lipinski definition) is 0. The van der Waals surface area contributed by atoms with Gasteiger partial charge in [-0.25, -0.2) is 14.8 Å². The van der Waals surface area contributed by atoms with Crippen LogP contribution in [0.1, 0.15) is 53.7 Å². The van der Waals surface area contributed by atoms with E-state index in [1.165, 1.54) is 11.1 Å². The predicted octanol–water partition coefficient (Wildman–Crippen LogP) is 6.59. The Balaban J connectivity index is 0.00000146. The zero-order valence-electron chi connectivity index (χ0n) is 31.8. The maximum atomic E-state index is 13.0. The maximum Gasteiger partial charge on any atom is 0.328 e.